The molecule has 0 amide bonds. The third-order valence-corrected chi connectivity index (χ3v) is 5.59. The summed E-state index contributed by atoms with van der Waals surface area (Å²) in [5, 5.41) is 9.09. The Hall–Kier alpha value is -1.02. The quantitative estimate of drug-likeness (QED) is 0.902. The van der Waals surface area contributed by atoms with Gasteiger partial charge in [-0.2, -0.15) is 4.31 Å². The van der Waals surface area contributed by atoms with E-state index in [4.69, 9.17) is 9.84 Å². The van der Waals surface area contributed by atoms with Crippen molar-refractivity contribution in [2.24, 2.45) is 0 Å². The third-order valence-electron chi connectivity index (χ3n) is 3.60. The van der Waals surface area contributed by atoms with Crippen LogP contribution in [0.25, 0.3) is 0 Å². The highest BCUT2D eigenvalue weighted by atomic mass is 32.2. The summed E-state index contributed by atoms with van der Waals surface area (Å²) in [4.78, 5) is -0.0849. The molecule has 112 valence electrons. The van der Waals surface area contributed by atoms with Gasteiger partial charge in [-0.1, -0.05) is 0 Å². The van der Waals surface area contributed by atoms with Crippen molar-refractivity contribution in [3.05, 3.63) is 29.1 Å². The third kappa shape index (κ3) is 2.71. The van der Waals surface area contributed by atoms with Crippen LogP contribution in [0.15, 0.2) is 17.0 Å². The van der Waals surface area contributed by atoms with E-state index in [0.29, 0.717) is 13.0 Å². The van der Waals surface area contributed by atoms with Gasteiger partial charge < -0.3 is 9.84 Å². The lowest BCUT2D eigenvalue weighted by Crippen LogP contribution is -2.30. The van der Waals surface area contributed by atoms with Gasteiger partial charge in [-0.25, -0.2) is 12.8 Å². The maximum absolute atomic E-state index is 13.8. The fraction of sp³-hybridized carbons (Fsp3) is 0.538. The van der Waals surface area contributed by atoms with Crippen LogP contribution in [0.2, 0.25) is 0 Å². The van der Waals surface area contributed by atoms with Crippen molar-refractivity contribution in [1.82, 2.24) is 4.31 Å². The van der Waals surface area contributed by atoms with Gasteiger partial charge in [0.1, 0.15) is 5.82 Å². The van der Waals surface area contributed by atoms with Gasteiger partial charge in [0.2, 0.25) is 10.0 Å². The minimum Gasteiger partial charge on any atom is -0.392 e. The van der Waals surface area contributed by atoms with Gasteiger partial charge in [0.15, 0.2) is 0 Å². The average molecular weight is 303 g/mol. The van der Waals surface area contributed by atoms with E-state index in [1.807, 2.05) is 0 Å². The van der Waals surface area contributed by atoms with Crippen LogP contribution in [0.3, 0.4) is 0 Å². The molecule has 1 atom stereocenters. The maximum atomic E-state index is 13.8. The number of benzene rings is 1. The molecule has 0 aromatic heterocycles. The van der Waals surface area contributed by atoms with Crippen LogP contribution in [-0.4, -0.2) is 44.1 Å². The van der Waals surface area contributed by atoms with Gasteiger partial charge in [-0.05, 0) is 31.0 Å². The van der Waals surface area contributed by atoms with Crippen LogP contribution in [0.5, 0.6) is 0 Å². The zero-order valence-corrected chi connectivity index (χ0v) is 12.3. The van der Waals surface area contributed by atoms with Gasteiger partial charge in [-0.3, -0.25) is 0 Å². The van der Waals surface area contributed by atoms with Crippen molar-refractivity contribution in [2.75, 3.05) is 20.2 Å². The van der Waals surface area contributed by atoms with Gasteiger partial charge in [-0.15, -0.1) is 0 Å². The second-order valence-electron chi connectivity index (χ2n) is 4.87. The number of ether oxygens (including phenoxy) is 1. The Morgan fingerprint density at radius 2 is 2.20 bits per heavy atom. The highest BCUT2D eigenvalue weighted by Gasteiger charge is 2.34. The molecular weight excluding hydrogens is 285 g/mol. The van der Waals surface area contributed by atoms with E-state index < -0.39 is 22.4 Å². The predicted molar refractivity (Wildman–Crippen MR) is 71.2 cm³/mol. The number of hydrogen-bond acceptors (Lipinski definition) is 4. The molecule has 5 nitrogen and oxygen atoms in total. The van der Waals surface area contributed by atoms with Gasteiger partial charge in [0.05, 0.1) is 17.6 Å². The molecule has 0 bridgehead atoms. The number of rotatable bonds is 4. The van der Waals surface area contributed by atoms with E-state index in [9.17, 15) is 12.8 Å². The normalized spacial score (nSPS) is 20.5. The average Bonchev–Trinajstić information content (AvgIpc) is 2.91. The van der Waals surface area contributed by atoms with E-state index in [1.54, 1.807) is 0 Å². The second kappa shape index (κ2) is 5.77. The Labute approximate surface area is 118 Å². The first-order chi connectivity index (χ1) is 9.40. The Bertz CT molecular complexity index is 603. The number of nitrogens with zero attached hydrogens (tertiary/aromatic N) is 1. The molecule has 1 fully saturated rings. The Balaban J connectivity index is 2.42. The van der Waals surface area contributed by atoms with Crippen LogP contribution in [0.4, 0.5) is 4.39 Å². The molecule has 2 rings (SSSR count). The Kier molecular flexibility index (Phi) is 4.43. The predicted octanol–water partition coefficient (Wildman–Crippen LogP) is 1.04. The van der Waals surface area contributed by atoms with Crippen LogP contribution in [0.1, 0.15) is 17.5 Å². The molecule has 0 aliphatic carbocycles. The van der Waals surface area contributed by atoms with Gasteiger partial charge >= 0.3 is 0 Å². The number of aliphatic hydroxyl groups is 1. The van der Waals surface area contributed by atoms with Crippen molar-refractivity contribution in [1.29, 1.82) is 0 Å². The van der Waals surface area contributed by atoms with Crippen molar-refractivity contribution in [3.63, 3.8) is 0 Å². The topological polar surface area (TPSA) is 66.8 Å². The van der Waals surface area contributed by atoms with Crippen molar-refractivity contribution in [3.8, 4) is 0 Å². The molecule has 20 heavy (non-hydrogen) atoms. The van der Waals surface area contributed by atoms with Crippen LogP contribution in [-0.2, 0) is 21.4 Å². The Morgan fingerprint density at radius 1 is 1.50 bits per heavy atom. The minimum atomic E-state index is -3.77. The van der Waals surface area contributed by atoms with E-state index in [1.165, 1.54) is 24.4 Å². The second-order valence-corrected chi connectivity index (χ2v) is 6.77. The van der Waals surface area contributed by atoms with Crippen molar-refractivity contribution >= 4 is 10.0 Å². The van der Waals surface area contributed by atoms with Crippen molar-refractivity contribution < 1.29 is 22.7 Å². The molecular formula is C13H18FNO4S. The first-order valence-corrected chi connectivity index (χ1v) is 7.77. The highest BCUT2D eigenvalue weighted by Crippen LogP contribution is 2.27. The standard InChI is InChI=1S/C13H18FNO4S/c1-9-12(14)5-10(8-16)6-13(9)20(17,18)15-4-3-11(7-15)19-2/h5-6,11,16H,3-4,7-8H2,1-2H3. The maximum Gasteiger partial charge on any atom is 0.243 e. The first-order valence-electron chi connectivity index (χ1n) is 6.33. The monoisotopic (exact) mass is 303 g/mol. The van der Waals surface area contributed by atoms with Gasteiger partial charge in [0.25, 0.3) is 0 Å². The van der Waals surface area contributed by atoms with E-state index in [-0.39, 0.29) is 28.7 Å². The van der Waals surface area contributed by atoms with E-state index in [2.05, 4.69) is 0 Å². The summed E-state index contributed by atoms with van der Waals surface area (Å²) in [5.74, 6) is -0.627. The first kappa shape index (κ1) is 15.4. The number of halogens is 1. The molecule has 0 spiro atoms. The SMILES string of the molecule is COC1CCN(S(=O)(=O)c2cc(CO)cc(F)c2C)C1. The Morgan fingerprint density at radius 3 is 2.75 bits per heavy atom. The molecule has 1 aliphatic rings. The smallest absolute Gasteiger partial charge is 0.243 e. The fourth-order valence-corrected chi connectivity index (χ4v) is 4.08. The molecule has 1 unspecified atom stereocenters. The molecule has 1 aliphatic heterocycles. The summed E-state index contributed by atoms with van der Waals surface area (Å²) in [6.07, 6.45) is 0.493. The zero-order chi connectivity index (χ0) is 14.9. The lowest BCUT2D eigenvalue weighted by Gasteiger charge is -2.18. The minimum absolute atomic E-state index is 0.0723. The van der Waals surface area contributed by atoms with Gasteiger partial charge in [0, 0.05) is 25.8 Å². The summed E-state index contributed by atoms with van der Waals surface area (Å²) >= 11 is 0. The lowest BCUT2D eigenvalue weighted by atomic mass is 10.1. The fourth-order valence-electron chi connectivity index (χ4n) is 2.31. The number of methoxy groups -OCH3 is 1. The molecule has 7 heteroatoms. The molecule has 1 N–H and O–H groups in total. The summed E-state index contributed by atoms with van der Waals surface area (Å²) < 4.78 is 45.3. The number of sulfonamides is 1. The largest absolute Gasteiger partial charge is 0.392 e. The molecule has 1 heterocycles. The van der Waals surface area contributed by atoms with Crippen LogP contribution < -0.4 is 0 Å². The number of hydrogen-bond donors (Lipinski definition) is 1. The summed E-state index contributed by atoms with van der Waals surface area (Å²) in [7, 11) is -2.23. The van der Waals surface area contributed by atoms with Crippen LogP contribution >= 0.6 is 0 Å². The molecule has 1 aromatic carbocycles. The zero-order valence-electron chi connectivity index (χ0n) is 11.5. The van der Waals surface area contributed by atoms with Crippen LogP contribution in [0, 0.1) is 12.7 Å². The molecule has 0 radical (unpaired) electrons. The summed E-state index contributed by atoms with van der Waals surface area (Å²) in [6.45, 7) is 1.64. The van der Waals surface area contributed by atoms with E-state index >= 15 is 0 Å². The summed E-state index contributed by atoms with van der Waals surface area (Å²) in [6, 6.07) is 2.48. The molecule has 1 saturated heterocycles. The lowest BCUT2D eigenvalue weighted by molar-refractivity contribution is 0.115. The highest BCUT2D eigenvalue weighted by molar-refractivity contribution is 7.89. The molecule has 0 saturated carbocycles. The number of aliphatic hydroxyl groups excluding tert-OH is 1. The van der Waals surface area contributed by atoms with E-state index in [0.717, 1.165) is 6.07 Å². The molecule has 1 aromatic rings. The summed E-state index contributed by atoms with van der Waals surface area (Å²) in [5.41, 5.74) is 0.317. The van der Waals surface area contributed by atoms with Crippen molar-refractivity contribution in [2.45, 2.75) is 31.0 Å².